The van der Waals surface area contributed by atoms with E-state index in [9.17, 15) is 19.2 Å². The average molecular weight is 542 g/mol. The second-order valence-electron chi connectivity index (χ2n) is 8.41. The number of rotatable bonds is 6. The van der Waals surface area contributed by atoms with Gasteiger partial charge in [-0.2, -0.15) is 0 Å². The molecule has 208 valence electrons. The van der Waals surface area contributed by atoms with E-state index in [4.69, 9.17) is 25.5 Å². The van der Waals surface area contributed by atoms with Gasteiger partial charge in [0.1, 0.15) is 5.82 Å². The van der Waals surface area contributed by atoms with E-state index in [0.717, 1.165) is 51.3 Å². The van der Waals surface area contributed by atoms with Crippen molar-refractivity contribution < 1.29 is 44.7 Å². The van der Waals surface area contributed by atoms with E-state index in [2.05, 4.69) is 44.9 Å². The van der Waals surface area contributed by atoms with Crippen LogP contribution in [0.2, 0.25) is 0 Å². The number of hydrogen-bond donors (Lipinski definition) is 5. The van der Waals surface area contributed by atoms with Gasteiger partial charge >= 0.3 is 23.9 Å². The second kappa shape index (κ2) is 15.6. The average Bonchev–Trinajstić information content (AvgIpc) is 3.30. The number of β-amino-alcohol motifs (C(OH)–C–C–N with tert-alkyl or cyclic N) is 1. The number of carboxylic acids is 4. The van der Waals surface area contributed by atoms with Gasteiger partial charge < -0.3 is 35.0 Å². The minimum atomic E-state index is -1.26. The Hall–Kier alpha value is -4.55. The molecule has 2 aliphatic heterocycles. The molecular formula is C27H31N3O9. The quantitative estimate of drug-likeness (QED) is 0.335. The predicted octanol–water partition coefficient (Wildman–Crippen LogP) is 1.75. The van der Waals surface area contributed by atoms with Gasteiger partial charge in [-0.1, -0.05) is 29.8 Å². The fourth-order valence-corrected chi connectivity index (χ4v) is 4.13. The molecule has 0 unspecified atom stereocenters. The Labute approximate surface area is 224 Å². The van der Waals surface area contributed by atoms with Crippen LogP contribution in [-0.2, 0) is 32.1 Å². The Balaban J connectivity index is 0.000000277. The number of likely N-dealkylation sites (tertiary alicyclic amines) is 1. The summed E-state index contributed by atoms with van der Waals surface area (Å²) in [5.41, 5.74) is 5.66. The van der Waals surface area contributed by atoms with Crippen LogP contribution < -0.4 is 0 Å². The molecule has 1 aromatic heterocycles. The molecule has 12 nitrogen and oxygen atoms in total. The van der Waals surface area contributed by atoms with Crippen LogP contribution in [0.25, 0.3) is 5.57 Å². The van der Waals surface area contributed by atoms with Crippen LogP contribution in [-0.4, -0.2) is 90.1 Å². The third-order valence-corrected chi connectivity index (χ3v) is 5.81. The predicted molar refractivity (Wildman–Crippen MR) is 140 cm³/mol. The first-order valence-electron chi connectivity index (χ1n) is 12.0. The van der Waals surface area contributed by atoms with Crippen LogP contribution in [0.4, 0.5) is 0 Å². The molecule has 0 atom stereocenters. The topological polar surface area (TPSA) is 190 Å². The highest BCUT2D eigenvalue weighted by atomic mass is 16.4. The number of imidazole rings is 1. The van der Waals surface area contributed by atoms with Crippen molar-refractivity contribution >= 4 is 29.5 Å². The molecule has 0 radical (unpaired) electrons. The van der Waals surface area contributed by atoms with Gasteiger partial charge in [-0.3, -0.25) is 0 Å². The zero-order chi connectivity index (χ0) is 28.8. The molecule has 4 rings (SSSR count). The maximum absolute atomic E-state index is 9.55. The van der Waals surface area contributed by atoms with Crippen molar-refractivity contribution in [1.82, 2.24) is 14.5 Å². The molecule has 0 amide bonds. The summed E-state index contributed by atoms with van der Waals surface area (Å²) in [4.78, 5) is 45.2. The van der Waals surface area contributed by atoms with Crippen LogP contribution in [0.3, 0.4) is 0 Å². The van der Waals surface area contributed by atoms with Gasteiger partial charge in [-0.15, -0.1) is 0 Å². The van der Waals surface area contributed by atoms with Crippen molar-refractivity contribution in [3.05, 3.63) is 83.5 Å². The number of aliphatic carboxylic acids is 4. The number of aliphatic hydroxyl groups is 1. The summed E-state index contributed by atoms with van der Waals surface area (Å²) in [5, 5.41) is 40.4. The fraction of sp³-hybridized carbons (Fsp3) is 0.296. The van der Waals surface area contributed by atoms with Crippen LogP contribution in [0.1, 0.15) is 29.8 Å². The molecule has 39 heavy (non-hydrogen) atoms. The highest BCUT2D eigenvalue weighted by Crippen LogP contribution is 2.35. The Kier molecular flexibility index (Phi) is 12.3. The zero-order valence-corrected chi connectivity index (χ0v) is 21.1. The van der Waals surface area contributed by atoms with Crippen molar-refractivity contribution in [3.63, 3.8) is 0 Å². The Bertz CT molecular complexity index is 1180. The molecule has 1 fully saturated rings. The summed E-state index contributed by atoms with van der Waals surface area (Å²) < 4.78 is 2.29. The van der Waals surface area contributed by atoms with Crippen molar-refractivity contribution in [2.75, 3.05) is 26.2 Å². The largest absolute Gasteiger partial charge is 0.478 e. The van der Waals surface area contributed by atoms with Crippen LogP contribution in [0, 0.1) is 0 Å². The third-order valence-electron chi connectivity index (χ3n) is 5.81. The monoisotopic (exact) mass is 541 g/mol. The number of aliphatic hydroxyl groups excluding tert-OH is 1. The van der Waals surface area contributed by atoms with Gasteiger partial charge in [0.15, 0.2) is 0 Å². The minimum absolute atomic E-state index is 0.249. The van der Waals surface area contributed by atoms with Gasteiger partial charge in [0, 0.05) is 68.4 Å². The van der Waals surface area contributed by atoms with E-state index < -0.39 is 23.9 Å². The molecule has 0 saturated carbocycles. The lowest BCUT2D eigenvalue weighted by atomic mass is 9.90. The van der Waals surface area contributed by atoms with E-state index in [1.165, 1.54) is 22.3 Å². The van der Waals surface area contributed by atoms with Crippen molar-refractivity contribution in [1.29, 1.82) is 0 Å². The molecule has 0 bridgehead atoms. The van der Waals surface area contributed by atoms with E-state index in [1.807, 2.05) is 6.20 Å². The third kappa shape index (κ3) is 10.4. The van der Waals surface area contributed by atoms with Crippen LogP contribution in [0.5, 0.6) is 0 Å². The van der Waals surface area contributed by atoms with Crippen molar-refractivity contribution in [2.24, 2.45) is 0 Å². The molecule has 3 heterocycles. The number of carbonyl (C=O) groups is 4. The van der Waals surface area contributed by atoms with Gasteiger partial charge in [0.05, 0.1) is 6.61 Å². The number of benzene rings is 1. The van der Waals surface area contributed by atoms with Gasteiger partial charge in [0.25, 0.3) is 0 Å². The fourth-order valence-electron chi connectivity index (χ4n) is 4.13. The summed E-state index contributed by atoms with van der Waals surface area (Å²) in [6.07, 6.45) is 9.45. The summed E-state index contributed by atoms with van der Waals surface area (Å²) >= 11 is 0. The summed E-state index contributed by atoms with van der Waals surface area (Å²) in [5.74, 6) is -3.90. The Morgan fingerprint density at radius 3 is 1.85 bits per heavy atom. The SMILES string of the molecule is O=C(O)C=CC(=O)O.O=C(O)C=CC(=O)O.OCCN1CCC(=C2c3ccccc3CCn3ccnc32)CC1. The lowest BCUT2D eigenvalue weighted by Gasteiger charge is -2.29. The lowest BCUT2D eigenvalue weighted by molar-refractivity contribution is -0.134. The second-order valence-corrected chi connectivity index (χ2v) is 8.41. The van der Waals surface area contributed by atoms with E-state index in [1.54, 1.807) is 0 Å². The molecule has 1 saturated heterocycles. The molecule has 12 heteroatoms. The highest BCUT2D eigenvalue weighted by Gasteiger charge is 2.24. The Morgan fingerprint density at radius 2 is 1.33 bits per heavy atom. The first-order chi connectivity index (χ1) is 18.6. The van der Waals surface area contributed by atoms with Crippen molar-refractivity contribution in [3.8, 4) is 0 Å². The molecule has 5 N–H and O–H groups in total. The maximum atomic E-state index is 9.55. The van der Waals surface area contributed by atoms with Gasteiger partial charge in [-0.05, 0) is 30.4 Å². The normalized spacial score (nSPS) is 14.8. The standard InChI is InChI=1S/C19H23N3O.2C4H4O4/c23-14-13-21-9-5-16(6-10-21)18-17-4-2-1-3-15(17)7-11-22-12-8-20-19(18)22;2*5-3(6)1-2-4(7)8/h1-4,8,12,23H,5-7,9-11,13-14H2;2*1-2H,(H,5,6)(H,7,8). The first-order valence-corrected chi connectivity index (χ1v) is 12.0. The first kappa shape index (κ1) is 30.7. The summed E-state index contributed by atoms with van der Waals surface area (Å²) in [6.45, 7) is 4.09. The van der Waals surface area contributed by atoms with Crippen molar-refractivity contribution in [2.45, 2.75) is 25.8 Å². The summed E-state index contributed by atoms with van der Waals surface area (Å²) in [6, 6.07) is 8.78. The molecule has 0 aliphatic carbocycles. The van der Waals surface area contributed by atoms with Gasteiger partial charge in [-0.25, -0.2) is 24.2 Å². The van der Waals surface area contributed by atoms with Crippen LogP contribution >= 0.6 is 0 Å². The Morgan fingerprint density at radius 1 is 0.795 bits per heavy atom. The number of fused-ring (bicyclic) bond motifs is 2. The zero-order valence-electron chi connectivity index (χ0n) is 21.1. The summed E-state index contributed by atoms with van der Waals surface area (Å²) in [7, 11) is 0. The van der Waals surface area contributed by atoms with Gasteiger partial charge in [0.2, 0.25) is 0 Å². The molecule has 1 aromatic carbocycles. The number of carboxylic acid groups (broad SMARTS) is 4. The lowest BCUT2D eigenvalue weighted by Crippen LogP contribution is -2.33. The molecule has 2 aliphatic rings. The molecule has 2 aromatic rings. The number of piperidine rings is 1. The molecule has 0 spiro atoms. The van der Waals surface area contributed by atoms with E-state index in [0.29, 0.717) is 24.3 Å². The molecular weight excluding hydrogens is 510 g/mol. The number of hydrogen-bond acceptors (Lipinski definition) is 7. The number of aromatic nitrogens is 2. The maximum Gasteiger partial charge on any atom is 0.328 e. The minimum Gasteiger partial charge on any atom is -0.478 e. The number of nitrogens with zero attached hydrogens (tertiary/aromatic N) is 3. The smallest absolute Gasteiger partial charge is 0.328 e. The highest BCUT2D eigenvalue weighted by molar-refractivity contribution is 5.90. The number of aryl methyl sites for hydroxylation is 2. The van der Waals surface area contributed by atoms with E-state index in [-0.39, 0.29) is 6.61 Å². The van der Waals surface area contributed by atoms with Crippen LogP contribution in [0.15, 0.2) is 66.5 Å². The van der Waals surface area contributed by atoms with E-state index >= 15 is 0 Å².